The molecule has 1 saturated heterocycles. The van der Waals surface area contributed by atoms with E-state index in [1.54, 1.807) is 0 Å². The molecule has 0 aliphatic carbocycles. The van der Waals surface area contributed by atoms with Gasteiger partial charge in [0.25, 0.3) is 0 Å². The molecule has 0 radical (unpaired) electrons. The first kappa shape index (κ1) is 9.55. The second-order valence-corrected chi connectivity index (χ2v) is 4.08. The van der Waals surface area contributed by atoms with Crippen LogP contribution in [0.3, 0.4) is 0 Å². The molecule has 0 amide bonds. The lowest BCUT2D eigenvalue weighted by atomic mass is 10.0. The molecule has 1 aliphatic rings. The van der Waals surface area contributed by atoms with Crippen LogP contribution in [0.4, 0.5) is 4.39 Å². The van der Waals surface area contributed by atoms with E-state index in [0.717, 1.165) is 5.56 Å². The lowest BCUT2D eigenvalue weighted by Crippen LogP contribution is -1.84. The fourth-order valence-corrected chi connectivity index (χ4v) is 2.05. The SMILES string of the molecule is Fc1ccc([C@@H]2N[C@@H]2c2ccccc2)cc1. The summed E-state index contributed by atoms with van der Waals surface area (Å²) in [5.41, 5.74) is 2.44. The molecule has 1 fully saturated rings. The Labute approximate surface area is 93.9 Å². The van der Waals surface area contributed by atoms with Gasteiger partial charge < -0.3 is 0 Å². The van der Waals surface area contributed by atoms with E-state index < -0.39 is 0 Å². The maximum absolute atomic E-state index is 12.8. The van der Waals surface area contributed by atoms with Crippen LogP contribution in [0, 0.1) is 5.82 Å². The van der Waals surface area contributed by atoms with E-state index in [9.17, 15) is 4.39 Å². The van der Waals surface area contributed by atoms with Gasteiger partial charge in [0.15, 0.2) is 0 Å². The number of hydrogen-bond acceptors (Lipinski definition) is 1. The molecule has 16 heavy (non-hydrogen) atoms. The molecule has 1 nitrogen and oxygen atoms in total. The largest absolute Gasteiger partial charge is 0.300 e. The Kier molecular flexibility index (Phi) is 2.22. The molecule has 3 rings (SSSR count). The first-order chi connectivity index (χ1) is 7.84. The van der Waals surface area contributed by atoms with Gasteiger partial charge in [0.1, 0.15) is 5.82 Å². The van der Waals surface area contributed by atoms with Gasteiger partial charge in [-0.15, -0.1) is 0 Å². The summed E-state index contributed by atoms with van der Waals surface area (Å²) in [5, 5.41) is 3.40. The fourth-order valence-electron chi connectivity index (χ4n) is 2.05. The number of benzene rings is 2. The van der Waals surface area contributed by atoms with Crippen molar-refractivity contribution < 1.29 is 4.39 Å². The third kappa shape index (κ3) is 1.72. The highest BCUT2D eigenvalue weighted by Gasteiger charge is 2.38. The summed E-state index contributed by atoms with van der Waals surface area (Å²) in [4.78, 5) is 0. The maximum Gasteiger partial charge on any atom is 0.123 e. The standard InChI is InChI=1S/C14H12FN/c15-12-8-6-11(7-9-12)14-13(16-14)10-4-2-1-3-5-10/h1-9,13-14,16H/t13-,14+/m1/s1. The lowest BCUT2D eigenvalue weighted by molar-refractivity contribution is 0.627. The minimum absolute atomic E-state index is 0.180. The number of hydrogen-bond donors (Lipinski definition) is 1. The van der Waals surface area contributed by atoms with Gasteiger partial charge >= 0.3 is 0 Å². The van der Waals surface area contributed by atoms with Crippen molar-refractivity contribution in [3.05, 3.63) is 71.5 Å². The van der Waals surface area contributed by atoms with Gasteiger partial charge in [0.2, 0.25) is 0 Å². The highest BCUT2D eigenvalue weighted by molar-refractivity contribution is 5.34. The molecule has 1 N–H and O–H groups in total. The van der Waals surface area contributed by atoms with Crippen molar-refractivity contribution in [2.75, 3.05) is 0 Å². The van der Waals surface area contributed by atoms with Crippen molar-refractivity contribution in [3.63, 3.8) is 0 Å². The van der Waals surface area contributed by atoms with Crippen molar-refractivity contribution >= 4 is 0 Å². The average Bonchev–Trinajstić information content (AvgIpc) is 3.11. The molecule has 2 atom stereocenters. The summed E-state index contributed by atoms with van der Waals surface area (Å²) in [5.74, 6) is -0.180. The molecular weight excluding hydrogens is 201 g/mol. The van der Waals surface area contributed by atoms with Crippen molar-refractivity contribution in [2.24, 2.45) is 0 Å². The second kappa shape index (κ2) is 3.72. The Morgan fingerprint density at radius 3 is 1.94 bits per heavy atom. The lowest BCUT2D eigenvalue weighted by Gasteiger charge is -1.98. The second-order valence-electron chi connectivity index (χ2n) is 4.08. The summed E-state index contributed by atoms with van der Waals surface area (Å²) in [6.45, 7) is 0. The van der Waals surface area contributed by atoms with Gasteiger partial charge in [-0.3, -0.25) is 5.32 Å². The normalized spacial score (nSPS) is 23.1. The molecule has 80 valence electrons. The summed E-state index contributed by atoms with van der Waals surface area (Å²) in [6.07, 6.45) is 0. The van der Waals surface area contributed by atoms with E-state index in [4.69, 9.17) is 0 Å². The first-order valence-electron chi connectivity index (χ1n) is 5.41. The van der Waals surface area contributed by atoms with Crippen LogP contribution in [0.1, 0.15) is 23.2 Å². The highest BCUT2D eigenvalue weighted by Crippen LogP contribution is 2.41. The maximum atomic E-state index is 12.8. The third-order valence-electron chi connectivity index (χ3n) is 2.97. The highest BCUT2D eigenvalue weighted by atomic mass is 19.1. The first-order valence-corrected chi connectivity index (χ1v) is 5.41. The van der Waals surface area contributed by atoms with E-state index in [1.807, 2.05) is 30.3 Å². The molecule has 2 aromatic carbocycles. The van der Waals surface area contributed by atoms with Crippen molar-refractivity contribution in [2.45, 2.75) is 12.1 Å². The van der Waals surface area contributed by atoms with Crippen molar-refractivity contribution in [3.8, 4) is 0 Å². The molecule has 0 bridgehead atoms. The van der Waals surface area contributed by atoms with Crippen LogP contribution in [0.5, 0.6) is 0 Å². The van der Waals surface area contributed by atoms with E-state index in [-0.39, 0.29) is 5.82 Å². The smallest absolute Gasteiger partial charge is 0.123 e. The molecule has 0 spiro atoms. The van der Waals surface area contributed by atoms with Gasteiger partial charge in [0.05, 0.1) is 12.1 Å². The number of rotatable bonds is 2. The average molecular weight is 213 g/mol. The summed E-state index contributed by atoms with van der Waals surface area (Å²) >= 11 is 0. The van der Waals surface area contributed by atoms with E-state index in [1.165, 1.54) is 17.7 Å². The Balaban J connectivity index is 1.79. The number of halogens is 1. The molecule has 1 aliphatic heterocycles. The van der Waals surface area contributed by atoms with Gasteiger partial charge in [-0.25, -0.2) is 4.39 Å². The Bertz CT molecular complexity index is 478. The third-order valence-corrected chi connectivity index (χ3v) is 2.97. The quantitative estimate of drug-likeness (QED) is 0.760. The van der Waals surface area contributed by atoms with Crippen LogP contribution in [0.15, 0.2) is 54.6 Å². The molecule has 2 aromatic rings. The molecule has 0 unspecified atom stereocenters. The van der Waals surface area contributed by atoms with Crippen LogP contribution in [0.25, 0.3) is 0 Å². The molecular formula is C14H12FN. The van der Waals surface area contributed by atoms with Crippen LogP contribution < -0.4 is 5.32 Å². The van der Waals surface area contributed by atoms with Crippen molar-refractivity contribution in [1.29, 1.82) is 0 Å². The minimum atomic E-state index is -0.180. The predicted octanol–water partition coefficient (Wildman–Crippen LogP) is 3.21. The van der Waals surface area contributed by atoms with Gasteiger partial charge in [-0.05, 0) is 23.3 Å². The Hall–Kier alpha value is -1.67. The van der Waals surface area contributed by atoms with Gasteiger partial charge in [-0.2, -0.15) is 0 Å². The topological polar surface area (TPSA) is 21.9 Å². The zero-order valence-corrected chi connectivity index (χ0v) is 8.73. The van der Waals surface area contributed by atoms with Crippen LogP contribution >= 0.6 is 0 Å². The Morgan fingerprint density at radius 1 is 0.750 bits per heavy atom. The summed E-state index contributed by atoms with van der Waals surface area (Å²) in [7, 11) is 0. The monoisotopic (exact) mass is 213 g/mol. The minimum Gasteiger partial charge on any atom is -0.300 e. The number of nitrogens with one attached hydrogen (secondary N) is 1. The molecule has 0 aromatic heterocycles. The van der Waals surface area contributed by atoms with Crippen LogP contribution in [-0.2, 0) is 0 Å². The van der Waals surface area contributed by atoms with E-state index in [2.05, 4.69) is 17.4 Å². The zero-order chi connectivity index (χ0) is 11.0. The molecule has 1 heterocycles. The van der Waals surface area contributed by atoms with E-state index in [0.29, 0.717) is 12.1 Å². The van der Waals surface area contributed by atoms with Crippen molar-refractivity contribution in [1.82, 2.24) is 5.32 Å². The van der Waals surface area contributed by atoms with Gasteiger partial charge in [-0.1, -0.05) is 42.5 Å². The summed E-state index contributed by atoms with van der Waals surface area (Å²) < 4.78 is 12.8. The molecule has 2 heteroatoms. The molecule has 0 saturated carbocycles. The summed E-state index contributed by atoms with van der Waals surface area (Å²) in [6, 6.07) is 17.7. The fraction of sp³-hybridized carbons (Fsp3) is 0.143. The zero-order valence-electron chi connectivity index (χ0n) is 8.73. The Morgan fingerprint density at radius 2 is 1.31 bits per heavy atom. The van der Waals surface area contributed by atoms with Gasteiger partial charge in [0, 0.05) is 0 Å². The van der Waals surface area contributed by atoms with Crippen LogP contribution in [0.2, 0.25) is 0 Å². The predicted molar refractivity (Wildman–Crippen MR) is 61.5 cm³/mol. The van der Waals surface area contributed by atoms with E-state index >= 15 is 0 Å². The van der Waals surface area contributed by atoms with Crippen LogP contribution in [-0.4, -0.2) is 0 Å².